The highest BCUT2D eigenvalue weighted by Crippen LogP contribution is 2.09. The molecule has 2 aromatic rings. The molecule has 19 heavy (non-hydrogen) atoms. The SMILES string of the molecule is CCCNc1ccc(C(=O)Nc2ccnn2C)nc1. The zero-order valence-corrected chi connectivity index (χ0v) is 11.1. The molecule has 0 aromatic carbocycles. The highest BCUT2D eigenvalue weighted by molar-refractivity contribution is 6.02. The molecule has 0 aliphatic rings. The summed E-state index contributed by atoms with van der Waals surface area (Å²) in [4.78, 5) is 16.1. The molecule has 6 heteroatoms. The quantitative estimate of drug-likeness (QED) is 0.860. The third-order valence-electron chi connectivity index (χ3n) is 2.64. The number of carbonyl (C=O) groups is 1. The third kappa shape index (κ3) is 3.31. The zero-order chi connectivity index (χ0) is 13.7. The molecule has 0 spiro atoms. The molecular formula is C13H17N5O. The van der Waals surface area contributed by atoms with E-state index in [1.807, 2.05) is 6.07 Å². The summed E-state index contributed by atoms with van der Waals surface area (Å²) >= 11 is 0. The van der Waals surface area contributed by atoms with Crippen molar-refractivity contribution in [2.24, 2.45) is 7.05 Å². The number of nitrogens with zero attached hydrogens (tertiary/aromatic N) is 3. The predicted octanol–water partition coefficient (Wildman–Crippen LogP) is 1.89. The lowest BCUT2D eigenvalue weighted by atomic mass is 10.3. The first kappa shape index (κ1) is 13.1. The fourth-order valence-electron chi connectivity index (χ4n) is 1.58. The lowest BCUT2D eigenvalue weighted by molar-refractivity contribution is 0.102. The van der Waals surface area contributed by atoms with Crippen LogP contribution in [0.4, 0.5) is 11.5 Å². The second-order valence-corrected chi connectivity index (χ2v) is 4.15. The molecule has 2 N–H and O–H groups in total. The molecular weight excluding hydrogens is 242 g/mol. The summed E-state index contributed by atoms with van der Waals surface area (Å²) in [5.41, 5.74) is 1.29. The number of nitrogens with one attached hydrogen (secondary N) is 2. The van der Waals surface area contributed by atoms with E-state index in [0.29, 0.717) is 11.5 Å². The van der Waals surface area contributed by atoms with E-state index in [9.17, 15) is 4.79 Å². The molecule has 100 valence electrons. The summed E-state index contributed by atoms with van der Waals surface area (Å²) < 4.78 is 1.59. The molecule has 0 atom stereocenters. The number of pyridine rings is 1. The second-order valence-electron chi connectivity index (χ2n) is 4.15. The van der Waals surface area contributed by atoms with Crippen LogP contribution in [0.5, 0.6) is 0 Å². The van der Waals surface area contributed by atoms with Crippen molar-refractivity contribution in [1.82, 2.24) is 14.8 Å². The molecule has 2 rings (SSSR count). The summed E-state index contributed by atoms with van der Waals surface area (Å²) in [6, 6.07) is 5.28. The molecule has 0 radical (unpaired) electrons. The monoisotopic (exact) mass is 259 g/mol. The van der Waals surface area contributed by atoms with Crippen molar-refractivity contribution in [3.8, 4) is 0 Å². The Morgan fingerprint density at radius 2 is 2.21 bits per heavy atom. The van der Waals surface area contributed by atoms with Crippen LogP contribution in [0.25, 0.3) is 0 Å². The van der Waals surface area contributed by atoms with Crippen molar-refractivity contribution in [2.75, 3.05) is 17.2 Å². The van der Waals surface area contributed by atoms with Crippen LogP contribution in [-0.4, -0.2) is 27.2 Å². The molecule has 0 bridgehead atoms. The molecule has 0 fully saturated rings. The Labute approximate surface area is 111 Å². The topological polar surface area (TPSA) is 71.8 Å². The summed E-state index contributed by atoms with van der Waals surface area (Å²) in [6.45, 7) is 2.98. The number of aromatic nitrogens is 3. The molecule has 0 saturated carbocycles. The van der Waals surface area contributed by atoms with Gasteiger partial charge in [-0.15, -0.1) is 0 Å². The van der Waals surface area contributed by atoms with Gasteiger partial charge in [0, 0.05) is 19.7 Å². The van der Waals surface area contributed by atoms with Crippen LogP contribution in [0, 0.1) is 0 Å². The smallest absolute Gasteiger partial charge is 0.275 e. The molecule has 0 aliphatic heterocycles. The van der Waals surface area contributed by atoms with E-state index in [0.717, 1.165) is 18.7 Å². The standard InChI is InChI=1S/C13H17N5O/c1-3-7-14-10-4-5-11(15-9-10)13(19)17-12-6-8-16-18(12)2/h4-6,8-9,14H,3,7H2,1-2H3,(H,17,19). The fourth-order valence-corrected chi connectivity index (χ4v) is 1.58. The minimum Gasteiger partial charge on any atom is -0.384 e. The Kier molecular flexibility index (Phi) is 4.12. The molecule has 0 saturated heterocycles. The average molecular weight is 259 g/mol. The van der Waals surface area contributed by atoms with Gasteiger partial charge in [0.15, 0.2) is 0 Å². The zero-order valence-electron chi connectivity index (χ0n) is 11.1. The van der Waals surface area contributed by atoms with Gasteiger partial charge in [0.2, 0.25) is 0 Å². The maximum absolute atomic E-state index is 12.0. The fraction of sp³-hybridized carbons (Fsp3) is 0.308. The Bertz CT molecular complexity index is 546. The van der Waals surface area contributed by atoms with Gasteiger partial charge in [-0.25, -0.2) is 4.98 Å². The van der Waals surface area contributed by atoms with Crippen LogP contribution >= 0.6 is 0 Å². The van der Waals surface area contributed by atoms with Gasteiger partial charge < -0.3 is 10.6 Å². The van der Waals surface area contributed by atoms with Crippen LogP contribution in [0.1, 0.15) is 23.8 Å². The predicted molar refractivity (Wildman–Crippen MR) is 74.2 cm³/mol. The number of anilines is 2. The maximum atomic E-state index is 12.0. The van der Waals surface area contributed by atoms with Gasteiger partial charge in [0.25, 0.3) is 5.91 Å². The Hall–Kier alpha value is -2.37. The van der Waals surface area contributed by atoms with Crippen molar-refractivity contribution in [2.45, 2.75) is 13.3 Å². The first-order chi connectivity index (χ1) is 9.20. The number of hydrogen-bond acceptors (Lipinski definition) is 4. The van der Waals surface area contributed by atoms with E-state index >= 15 is 0 Å². The van der Waals surface area contributed by atoms with Gasteiger partial charge in [-0.05, 0) is 18.6 Å². The molecule has 2 aromatic heterocycles. The molecule has 0 unspecified atom stereocenters. The van der Waals surface area contributed by atoms with Crippen molar-refractivity contribution in [3.63, 3.8) is 0 Å². The third-order valence-corrected chi connectivity index (χ3v) is 2.64. The first-order valence-electron chi connectivity index (χ1n) is 6.20. The van der Waals surface area contributed by atoms with Crippen LogP contribution in [0.3, 0.4) is 0 Å². The van der Waals surface area contributed by atoms with Crippen molar-refractivity contribution >= 4 is 17.4 Å². The van der Waals surface area contributed by atoms with Crippen LogP contribution in [0.15, 0.2) is 30.6 Å². The van der Waals surface area contributed by atoms with Gasteiger partial charge in [-0.3, -0.25) is 9.48 Å². The van der Waals surface area contributed by atoms with Gasteiger partial charge >= 0.3 is 0 Å². The molecule has 6 nitrogen and oxygen atoms in total. The van der Waals surface area contributed by atoms with E-state index in [4.69, 9.17) is 0 Å². The van der Waals surface area contributed by atoms with Crippen molar-refractivity contribution in [3.05, 3.63) is 36.3 Å². The largest absolute Gasteiger partial charge is 0.384 e. The maximum Gasteiger partial charge on any atom is 0.275 e. The van der Waals surface area contributed by atoms with E-state index in [-0.39, 0.29) is 5.91 Å². The summed E-state index contributed by atoms with van der Waals surface area (Å²) in [7, 11) is 1.76. The number of aryl methyl sites for hydroxylation is 1. The minimum absolute atomic E-state index is 0.245. The van der Waals surface area contributed by atoms with Gasteiger partial charge in [-0.1, -0.05) is 6.92 Å². The molecule has 1 amide bonds. The molecule has 0 aliphatic carbocycles. The second kappa shape index (κ2) is 5.99. The number of amides is 1. The van der Waals surface area contributed by atoms with E-state index < -0.39 is 0 Å². The molecule has 2 heterocycles. The average Bonchev–Trinajstić information content (AvgIpc) is 2.82. The van der Waals surface area contributed by atoms with Crippen molar-refractivity contribution < 1.29 is 4.79 Å². The van der Waals surface area contributed by atoms with Crippen molar-refractivity contribution in [1.29, 1.82) is 0 Å². The number of carbonyl (C=O) groups excluding carboxylic acids is 1. The highest BCUT2D eigenvalue weighted by Gasteiger charge is 2.09. The number of rotatable bonds is 5. The first-order valence-corrected chi connectivity index (χ1v) is 6.20. The number of hydrogen-bond donors (Lipinski definition) is 2. The Balaban J connectivity index is 2.01. The summed E-state index contributed by atoms with van der Waals surface area (Å²) in [5.74, 6) is 0.394. The Morgan fingerprint density at radius 3 is 2.79 bits per heavy atom. The van der Waals surface area contributed by atoms with Crippen LogP contribution < -0.4 is 10.6 Å². The minimum atomic E-state index is -0.245. The summed E-state index contributed by atoms with van der Waals surface area (Å²) in [5, 5.41) is 9.94. The summed E-state index contributed by atoms with van der Waals surface area (Å²) in [6.07, 6.45) is 4.33. The lowest BCUT2D eigenvalue weighted by Crippen LogP contribution is -2.16. The normalized spacial score (nSPS) is 10.2. The lowest BCUT2D eigenvalue weighted by Gasteiger charge is -2.06. The van der Waals surface area contributed by atoms with Crippen LogP contribution in [0.2, 0.25) is 0 Å². The van der Waals surface area contributed by atoms with Crippen LogP contribution in [-0.2, 0) is 7.05 Å². The van der Waals surface area contributed by atoms with E-state index in [1.165, 1.54) is 0 Å². The van der Waals surface area contributed by atoms with E-state index in [2.05, 4.69) is 27.6 Å². The van der Waals surface area contributed by atoms with E-state index in [1.54, 1.807) is 36.3 Å². The van der Waals surface area contributed by atoms with Gasteiger partial charge in [-0.2, -0.15) is 5.10 Å². The Morgan fingerprint density at radius 1 is 1.37 bits per heavy atom. The highest BCUT2D eigenvalue weighted by atomic mass is 16.2. The van der Waals surface area contributed by atoms with Gasteiger partial charge in [0.1, 0.15) is 11.5 Å². The van der Waals surface area contributed by atoms with Gasteiger partial charge in [0.05, 0.1) is 18.1 Å².